The molecule has 1 aliphatic heterocycles. The van der Waals surface area contributed by atoms with Gasteiger partial charge >= 0.3 is 0 Å². The van der Waals surface area contributed by atoms with Crippen LogP contribution in [0.15, 0.2) is 12.2 Å². The third-order valence-corrected chi connectivity index (χ3v) is 11.9. The maximum Gasteiger partial charge on any atom is 0.220 e. The van der Waals surface area contributed by atoms with Gasteiger partial charge in [0.1, 0.15) is 24.4 Å². The van der Waals surface area contributed by atoms with E-state index in [9.17, 15) is 30.3 Å². The predicted molar refractivity (Wildman–Crippen MR) is 235 cm³/mol. The Bertz CT molecular complexity index is 904. The lowest BCUT2D eigenvalue weighted by molar-refractivity contribution is -0.302. The molecule has 57 heavy (non-hydrogen) atoms. The Morgan fingerprint density at radius 1 is 0.579 bits per heavy atom. The number of ether oxygens (including phenoxy) is 2. The minimum absolute atomic E-state index is 0.173. The zero-order chi connectivity index (χ0) is 41.6. The van der Waals surface area contributed by atoms with Crippen molar-refractivity contribution in [2.75, 3.05) is 13.2 Å². The van der Waals surface area contributed by atoms with Crippen molar-refractivity contribution in [1.29, 1.82) is 0 Å². The summed E-state index contributed by atoms with van der Waals surface area (Å²) in [6.07, 6.45) is 38.3. The van der Waals surface area contributed by atoms with Crippen molar-refractivity contribution in [2.45, 2.75) is 275 Å². The number of nitrogens with one attached hydrogen (secondary N) is 1. The van der Waals surface area contributed by atoms with Crippen LogP contribution in [0.5, 0.6) is 0 Å². The fraction of sp³-hybridized carbons (Fsp3) is 0.938. The van der Waals surface area contributed by atoms with Crippen LogP contribution in [-0.2, 0) is 14.3 Å². The number of carbonyl (C=O) groups is 1. The van der Waals surface area contributed by atoms with E-state index in [2.05, 4.69) is 19.2 Å². The largest absolute Gasteiger partial charge is 0.394 e. The third-order valence-electron chi connectivity index (χ3n) is 11.9. The van der Waals surface area contributed by atoms with Gasteiger partial charge in [-0.2, -0.15) is 0 Å². The summed E-state index contributed by atoms with van der Waals surface area (Å²) >= 11 is 0. The number of aliphatic hydroxyl groups excluding tert-OH is 5. The van der Waals surface area contributed by atoms with E-state index in [4.69, 9.17) is 9.47 Å². The number of allylic oxidation sites excluding steroid dienone is 1. The van der Waals surface area contributed by atoms with Gasteiger partial charge in [-0.15, -0.1) is 0 Å². The highest BCUT2D eigenvalue weighted by molar-refractivity contribution is 5.76. The Hall–Kier alpha value is -1.07. The molecule has 1 amide bonds. The number of carbonyl (C=O) groups excluding carboxylic acids is 1. The lowest BCUT2D eigenvalue weighted by atomic mass is 9.99. The molecule has 9 heteroatoms. The van der Waals surface area contributed by atoms with E-state index in [0.29, 0.717) is 6.42 Å². The van der Waals surface area contributed by atoms with Crippen LogP contribution >= 0.6 is 0 Å². The van der Waals surface area contributed by atoms with Crippen LogP contribution in [-0.4, -0.2) is 87.5 Å². The van der Waals surface area contributed by atoms with Crippen molar-refractivity contribution >= 4 is 5.91 Å². The molecule has 1 aliphatic rings. The minimum atomic E-state index is -1.56. The molecule has 0 aromatic rings. The van der Waals surface area contributed by atoms with E-state index in [-0.39, 0.29) is 12.5 Å². The Kier molecular flexibility index (Phi) is 37.0. The molecule has 9 nitrogen and oxygen atoms in total. The van der Waals surface area contributed by atoms with Gasteiger partial charge in [0.05, 0.1) is 25.4 Å². The third kappa shape index (κ3) is 29.7. The van der Waals surface area contributed by atoms with Gasteiger partial charge in [-0.25, -0.2) is 0 Å². The van der Waals surface area contributed by atoms with Crippen molar-refractivity contribution in [1.82, 2.24) is 5.32 Å². The monoisotopic (exact) mass is 812 g/mol. The summed E-state index contributed by atoms with van der Waals surface area (Å²) in [4.78, 5) is 13.0. The van der Waals surface area contributed by atoms with Gasteiger partial charge in [-0.3, -0.25) is 4.79 Å². The fourth-order valence-electron chi connectivity index (χ4n) is 7.92. The Labute approximate surface area is 350 Å². The van der Waals surface area contributed by atoms with E-state index in [1.54, 1.807) is 6.08 Å². The lowest BCUT2D eigenvalue weighted by Gasteiger charge is -2.40. The molecule has 0 aromatic heterocycles. The Morgan fingerprint density at radius 2 is 0.965 bits per heavy atom. The highest BCUT2D eigenvalue weighted by Crippen LogP contribution is 2.23. The van der Waals surface area contributed by atoms with Crippen LogP contribution in [0.1, 0.15) is 232 Å². The molecule has 0 aliphatic carbocycles. The number of amides is 1. The maximum absolute atomic E-state index is 13.0. The summed E-state index contributed by atoms with van der Waals surface area (Å²) in [5.74, 6) is -0.173. The molecule has 0 spiro atoms. The average molecular weight is 812 g/mol. The molecular weight excluding hydrogens is 719 g/mol. The van der Waals surface area contributed by atoms with E-state index in [1.165, 1.54) is 173 Å². The molecule has 2 unspecified atom stereocenters. The van der Waals surface area contributed by atoms with Gasteiger partial charge in [0.25, 0.3) is 0 Å². The van der Waals surface area contributed by atoms with Gasteiger partial charge in [0.15, 0.2) is 6.29 Å². The standard InChI is InChI=1S/C48H93NO8/c1-3-5-7-9-11-13-15-17-18-19-20-21-22-23-24-25-26-28-30-32-34-36-38-44(52)49-41(40-56-48-47(55)46(54)45(53)43(39-50)57-48)42(51)37-35-33-31-29-27-16-14-12-10-8-6-4-2/h35,37,41-43,45-48,50-51,53-55H,3-34,36,38-40H2,1-2H3,(H,49,52)/b37-35+/t41-,42+,43+,45-,46?,47?,48+/m0/s1. The second kappa shape index (κ2) is 39.1. The molecule has 7 atom stereocenters. The smallest absolute Gasteiger partial charge is 0.220 e. The molecule has 1 heterocycles. The van der Waals surface area contributed by atoms with Crippen LogP contribution < -0.4 is 5.32 Å². The van der Waals surface area contributed by atoms with Gasteiger partial charge in [-0.1, -0.05) is 219 Å². The van der Waals surface area contributed by atoms with Gasteiger partial charge in [0.2, 0.25) is 5.91 Å². The summed E-state index contributed by atoms with van der Waals surface area (Å²) in [5, 5.41) is 54.2. The molecule has 0 saturated carbocycles. The molecule has 1 fully saturated rings. The first-order valence-electron chi connectivity index (χ1n) is 24.4. The quantitative estimate of drug-likeness (QED) is 0.0264. The minimum Gasteiger partial charge on any atom is -0.394 e. The second-order valence-electron chi connectivity index (χ2n) is 17.3. The zero-order valence-electron chi connectivity index (χ0n) is 37.1. The maximum atomic E-state index is 13.0. The number of rotatable bonds is 41. The van der Waals surface area contributed by atoms with Gasteiger partial charge < -0.3 is 40.3 Å². The average Bonchev–Trinajstić information content (AvgIpc) is 3.21. The van der Waals surface area contributed by atoms with Crippen LogP contribution in [0.3, 0.4) is 0 Å². The molecule has 0 aromatic carbocycles. The summed E-state index contributed by atoms with van der Waals surface area (Å²) in [5.41, 5.74) is 0. The molecule has 0 radical (unpaired) electrons. The first-order valence-corrected chi connectivity index (χ1v) is 24.4. The van der Waals surface area contributed by atoms with Gasteiger partial charge in [-0.05, 0) is 19.3 Å². The predicted octanol–water partition coefficient (Wildman–Crippen LogP) is 10.5. The van der Waals surface area contributed by atoms with Gasteiger partial charge in [0, 0.05) is 6.42 Å². The van der Waals surface area contributed by atoms with Crippen molar-refractivity contribution in [3.63, 3.8) is 0 Å². The normalized spacial score (nSPS) is 21.0. The molecular formula is C48H93NO8. The molecule has 1 rings (SSSR count). The van der Waals surface area contributed by atoms with Crippen LogP contribution in [0, 0.1) is 0 Å². The SMILES string of the molecule is CCCCCCCCCCCC/C=C/[C@@H](O)[C@H](CO[C@@H]1O[C@H](CO)[C@H](O)C(O)C1O)NC(=O)CCCCCCCCCCCCCCCCCCCCCCCC. The molecule has 0 bridgehead atoms. The summed E-state index contributed by atoms with van der Waals surface area (Å²) in [6.45, 7) is 3.78. The van der Waals surface area contributed by atoms with Crippen LogP contribution in [0.4, 0.5) is 0 Å². The number of hydrogen-bond acceptors (Lipinski definition) is 8. The molecule has 6 N–H and O–H groups in total. The summed E-state index contributed by atoms with van der Waals surface area (Å²) in [7, 11) is 0. The van der Waals surface area contributed by atoms with E-state index < -0.39 is 49.5 Å². The van der Waals surface area contributed by atoms with Crippen molar-refractivity contribution < 1.29 is 39.8 Å². The first kappa shape index (κ1) is 53.9. The second-order valence-corrected chi connectivity index (χ2v) is 17.3. The fourth-order valence-corrected chi connectivity index (χ4v) is 7.92. The molecule has 1 saturated heterocycles. The van der Waals surface area contributed by atoms with Crippen molar-refractivity contribution in [3.8, 4) is 0 Å². The van der Waals surface area contributed by atoms with Crippen molar-refractivity contribution in [3.05, 3.63) is 12.2 Å². The summed E-state index contributed by atoms with van der Waals surface area (Å²) in [6, 6.07) is -0.798. The number of unbranched alkanes of at least 4 members (excludes halogenated alkanes) is 31. The molecule has 338 valence electrons. The Balaban J connectivity index is 2.25. The zero-order valence-corrected chi connectivity index (χ0v) is 37.1. The van der Waals surface area contributed by atoms with Crippen LogP contribution in [0.2, 0.25) is 0 Å². The number of aliphatic hydroxyl groups is 5. The van der Waals surface area contributed by atoms with E-state index in [0.717, 1.165) is 38.5 Å². The van der Waals surface area contributed by atoms with Crippen molar-refractivity contribution in [2.24, 2.45) is 0 Å². The van der Waals surface area contributed by atoms with E-state index in [1.807, 2.05) is 6.08 Å². The first-order chi connectivity index (χ1) is 27.8. The summed E-state index contributed by atoms with van der Waals surface area (Å²) < 4.78 is 11.2. The number of hydrogen-bond donors (Lipinski definition) is 6. The lowest BCUT2D eigenvalue weighted by Crippen LogP contribution is -2.60. The Morgan fingerprint density at radius 3 is 1.37 bits per heavy atom. The van der Waals surface area contributed by atoms with Crippen LogP contribution in [0.25, 0.3) is 0 Å². The van der Waals surface area contributed by atoms with E-state index >= 15 is 0 Å². The highest BCUT2D eigenvalue weighted by atomic mass is 16.7. The highest BCUT2D eigenvalue weighted by Gasteiger charge is 2.44. The topological polar surface area (TPSA) is 149 Å².